The van der Waals surface area contributed by atoms with Gasteiger partial charge in [0.05, 0.1) is 12.5 Å². The molecule has 2 aliphatic rings. The minimum absolute atomic E-state index is 0.0440. The molecule has 0 spiro atoms. The maximum absolute atomic E-state index is 12.9. The fraction of sp³-hybridized carbons (Fsp3) is 0.500. The first kappa shape index (κ1) is 13.9. The van der Waals surface area contributed by atoms with Crippen LogP contribution in [0.2, 0.25) is 0 Å². The molecule has 0 bridgehead atoms. The summed E-state index contributed by atoms with van der Waals surface area (Å²) in [4.78, 5) is 26.6. The summed E-state index contributed by atoms with van der Waals surface area (Å²) in [6.45, 7) is 3.60. The number of nitrogens with zero attached hydrogens (tertiary/aromatic N) is 1. The lowest BCUT2D eigenvalue weighted by molar-refractivity contribution is -0.144. The normalized spacial score (nSPS) is 24.8. The molecule has 1 aromatic rings. The Morgan fingerprint density at radius 1 is 1.43 bits per heavy atom. The molecule has 1 N–H and O–H groups in total. The molecule has 2 heterocycles. The Balaban J connectivity index is 1.87. The molecule has 2 aliphatic heterocycles. The van der Waals surface area contributed by atoms with Crippen molar-refractivity contribution in [2.24, 2.45) is 0 Å². The first-order chi connectivity index (χ1) is 10.2. The zero-order valence-electron chi connectivity index (χ0n) is 12.2. The van der Waals surface area contributed by atoms with Gasteiger partial charge in [-0.2, -0.15) is 0 Å². The molecule has 112 valence electrons. The van der Waals surface area contributed by atoms with E-state index in [1.165, 1.54) is 0 Å². The third-order valence-corrected chi connectivity index (χ3v) is 4.26. The number of amides is 2. The standard InChI is InChI=1S/C16H20N2O3/c1-2-13-15(19)17-8-9-18(13)16(20)12-7-10-21-14-6-4-3-5-11(12)14/h3-6,12-13H,2,7-10H2,1H3,(H,17,19). The number of fused-ring (bicyclic) bond motifs is 1. The lowest BCUT2D eigenvalue weighted by atomic mass is 9.91. The SMILES string of the molecule is CCC1C(=O)NCCN1C(=O)C1CCOc2ccccc21. The Kier molecular flexibility index (Phi) is 3.82. The molecule has 1 fully saturated rings. The predicted octanol–water partition coefficient (Wildman–Crippen LogP) is 1.29. The van der Waals surface area contributed by atoms with Gasteiger partial charge in [-0.3, -0.25) is 9.59 Å². The Hall–Kier alpha value is -2.04. The van der Waals surface area contributed by atoms with Crippen molar-refractivity contribution in [3.05, 3.63) is 29.8 Å². The summed E-state index contributed by atoms with van der Waals surface area (Å²) in [5.41, 5.74) is 0.939. The fourth-order valence-corrected chi connectivity index (χ4v) is 3.18. The molecule has 5 heteroatoms. The third-order valence-electron chi connectivity index (χ3n) is 4.26. The number of nitrogens with one attached hydrogen (secondary N) is 1. The molecule has 0 saturated carbocycles. The summed E-state index contributed by atoms with van der Waals surface area (Å²) < 4.78 is 5.62. The van der Waals surface area contributed by atoms with Crippen molar-refractivity contribution in [3.8, 4) is 5.75 Å². The van der Waals surface area contributed by atoms with Crippen molar-refractivity contribution < 1.29 is 14.3 Å². The van der Waals surface area contributed by atoms with Crippen LogP contribution < -0.4 is 10.1 Å². The maximum Gasteiger partial charge on any atom is 0.242 e. The van der Waals surface area contributed by atoms with E-state index in [0.717, 1.165) is 11.3 Å². The molecular formula is C16H20N2O3. The minimum Gasteiger partial charge on any atom is -0.493 e. The second kappa shape index (κ2) is 5.76. The second-order valence-electron chi connectivity index (χ2n) is 5.47. The summed E-state index contributed by atoms with van der Waals surface area (Å²) in [5, 5.41) is 2.83. The van der Waals surface area contributed by atoms with Crippen LogP contribution in [-0.4, -0.2) is 42.5 Å². The van der Waals surface area contributed by atoms with E-state index in [0.29, 0.717) is 32.5 Å². The van der Waals surface area contributed by atoms with Gasteiger partial charge in [-0.15, -0.1) is 0 Å². The van der Waals surface area contributed by atoms with E-state index >= 15 is 0 Å². The molecule has 1 saturated heterocycles. The number of hydrogen-bond donors (Lipinski definition) is 1. The molecule has 0 aromatic heterocycles. The van der Waals surface area contributed by atoms with Gasteiger partial charge in [-0.05, 0) is 18.9 Å². The van der Waals surface area contributed by atoms with Crippen LogP contribution in [0.3, 0.4) is 0 Å². The highest BCUT2D eigenvalue weighted by Crippen LogP contribution is 2.35. The van der Waals surface area contributed by atoms with Crippen LogP contribution in [0.4, 0.5) is 0 Å². The first-order valence-electron chi connectivity index (χ1n) is 7.52. The molecule has 21 heavy (non-hydrogen) atoms. The van der Waals surface area contributed by atoms with E-state index in [9.17, 15) is 9.59 Å². The molecule has 2 amide bonds. The molecule has 2 atom stereocenters. The van der Waals surface area contributed by atoms with Crippen LogP contribution in [0.5, 0.6) is 5.75 Å². The van der Waals surface area contributed by atoms with Gasteiger partial charge in [0.1, 0.15) is 11.8 Å². The van der Waals surface area contributed by atoms with Gasteiger partial charge in [0.2, 0.25) is 11.8 Å². The maximum atomic E-state index is 12.9. The van der Waals surface area contributed by atoms with Crippen LogP contribution in [0, 0.1) is 0 Å². The number of para-hydroxylation sites is 1. The summed E-state index contributed by atoms with van der Waals surface area (Å²) in [5.74, 6) is 0.594. The third kappa shape index (κ3) is 2.48. The molecule has 0 aliphatic carbocycles. The number of carbonyl (C=O) groups is 2. The van der Waals surface area contributed by atoms with Crippen molar-refractivity contribution in [1.82, 2.24) is 10.2 Å². The Labute approximate surface area is 124 Å². The van der Waals surface area contributed by atoms with Crippen LogP contribution >= 0.6 is 0 Å². The molecule has 3 rings (SSSR count). The minimum atomic E-state index is -0.346. The molecule has 0 radical (unpaired) electrons. The second-order valence-corrected chi connectivity index (χ2v) is 5.47. The highest BCUT2D eigenvalue weighted by Gasteiger charge is 2.37. The van der Waals surface area contributed by atoms with Crippen molar-refractivity contribution in [2.75, 3.05) is 19.7 Å². The zero-order valence-corrected chi connectivity index (χ0v) is 12.2. The molecular weight excluding hydrogens is 268 g/mol. The van der Waals surface area contributed by atoms with Gasteiger partial charge < -0.3 is 15.0 Å². The van der Waals surface area contributed by atoms with Crippen molar-refractivity contribution >= 4 is 11.8 Å². The smallest absolute Gasteiger partial charge is 0.242 e. The van der Waals surface area contributed by atoms with E-state index in [1.807, 2.05) is 31.2 Å². The Morgan fingerprint density at radius 3 is 3.05 bits per heavy atom. The summed E-state index contributed by atoms with van der Waals surface area (Å²) in [7, 11) is 0. The average Bonchev–Trinajstić information content (AvgIpc) is 2.53. The Morgan fingerprint density at radius 2 is 2.24 bits per heavy atom. The zero-order chi connectivity index (χ0) is 14.8. The van der Waals surface area contributed by atoms with E-state index in [4.69, 9.17) is 4.74 Å². The van der Waals surface area contributed by atoms with Crippen LogP contribution in [0.1, 0.15) is 31.2 Å². The summed E-state index contributed by atoms with van der Waals surface area (Å²) in [6, 6.07) is 7.33. The van der Waals surface area contributed by atoms with Gasteiger partial charge in [0.15, 0.2) is 0 Å². The number of piperazine rings is 1. The average molecular weight is 288 g/mol. The monoisotopic (exact) mass is 288 g/mol. The largest absolute Gasteiger partial charge is 0.493 e. The van der Waals surface area contributed by atoms with Crippen molar-refractivity contribution in [3.63, 3.8) is 0 Å². The molecule has 5 nitrogen and oxygen atoms in total. The predicted molar refractivity (Wildman–Crippen MR) is 78.1 cm³/mol. The number of rotatable bonds is 2. The van der Waals surface area contributed by atoms with Crippen LogP contribution in [0.25, 0.3) is 0 Å². The topological polar surface area (TPSA) is 58.6 Å². The van der Waals surface area contributed by atoms with Crippen LogP contribution in [0.15, 0.2) is 24.3 Å². The number of ether oxygens (including phenoxy) is 1. The lowest BCUT2D eigenvalue weighted by Crippen LogP contribution is -2.58. The Bertz CT molecular complexity index is 558. The lowest BCUT2D eigenvalue weighted by Gasteiger charge is -2.38. The van der Waals surface area contributed by atoms with Crippen molar-refractivity contribution in [2.45, 2.75) is 31.7 Å². The van der Waals surface area contributed by atoms with E-state index in [1.54, 1.807) is 4.90 Å². The van der Waals surface area contributed by atoms with E-state index in [2.05, 4.69) is 5.32 Å². The van der Waals surface area contributed by atoms with E-state index in [-0.39, 0.29) is 23.8 Å². The van der Waals surface area contributed by atoms with Gasteiger partial charge in [-0.1, -0.05) is 25.1 Å². The molecule has 1 aromatic carbocycles. The van der Waals surface area contributed by atoms with Gasteiger partial charge in [-0.25, -0.2) is 0 Å². The number of hydrogen-bond acceptors (Lipinski definition) is 3. The molecule has 2 unspecified atom stereocenters. The van der Waals surface area contributed by atoms with Gasteiger partial charge in [0, 0.05) is 18.7 Å². The number of carbonyl (C=O) groups excluding carboxylic acids is 2. The van der Waals surface area contributed by atoms with Crippen molar-refractivity contribution in [1.29, 1.82) is 0 Å². The fourth-order valence-electron chi connectivity index (χ4n) is 3.18. The summed E-state index contributed by atoms with van der Waals surface area (Å²) in [6.07, 6.45) is 1.31. The van der Waals surface area contributed by atoms with Crippen LogP contribution in [-0.2, 0) is 9.59 Å². The highest BCUT2D eigenvalue weighted by atomic mass is 16.5. The van der Waals surface area contributed by atoms with E-state index < -0.39 is 0 Å². The van der Waals surface area contributed by atoms with Gasteiger partial charge in [0.25, 0.3) is 0 Å². The quantitative estimate of drug-likeness (QED) is 0.892. The van der Waals surface area contributed by atoms with Gasteiger partial charge >= 0.3 is 0 Å². The number of benzene rings is 1. The summed E-state index contributed by atoms with van der Waals surface area (Å²) >= 11 is 0. The highest BCUT2D eigenvalue weighted by molar-refractivity contribution is 5.92. The first-order valence-corrected chi connectivity index (χ1v) is 7.52.